The van der Waals surface area contributed by atoms with E-state index in [9.17, 15) is 18.0 Å². The highest BCUT2D eigenvalue weighted by molar-refractivity contribution is 7.99. The van der Waals surface area contributed by atoms with E-state index in [4.69, 9.17) is 4.42 Å². The number of aromatic nitrogens is 3. The lowest BCUT2D eigenvalue weighted by molar-refractivity contribution is -0.147. The maximum atomic E-state index is 12.7. The molecule has 0 saturated carbocycles. The van der Waals surface area contributed by atoms with Gasteiger partial charge in [-0.1, -0.05) is 25.6 Å². The number of amides is 1. The van der Waals surface area contributed by atoms with Gasteiger partial charge >= 0.3 is 6.18 Å². The molecule has 2 rings (SSSR count). The van der Waals surface area contributed by atoms with E-state index in [1.165, 1.54) is 7.05 Å². The van der Waals surface area contributed by atoms with Gasteiger partial charge < -0.3 is 14.3 Å². The second-order valence-electron chi connectivity index (χ2n) is 5.71. The molecule has 0 spiro atoms. The summed E-state index contributed by atoms with van der Waals surface area (Å²) in [5.41, 5.74) is 0. The molecule has 0 saturated heterocycles. The van der Waals surface area contributed by atoms with Crippen LogP contribution in [0.15, 0.2) is 28.0 Å². The standard InChI is InChI=1S/C16H22F3N5O2S/c1-4-24(5-2)11(12-7-6-8-26-12)9-20-13(25)10-27-15-22-21-14(23(15)3)16(17,18)19/h6-8,11H,4-5,9-10H2,1-3H3,(H,20,25). The van der Waals surface area contributed by atoms with Gasteiger partial charge in [-0.05, 0) is 25.2 Å². The first kappa shape index (κ1) is 21.3. The van der Waals surface area contributed by atoms with E-state index in [0.29, 0.717) is 6.54 Å². The Morgan fingerprint density at radius 2 is 2.07 bits per heavy atom. The molecule has 7 nitrogen and oxygen atoms in total. The van der Waals surface area contributed by atoms with Crippen LogP contribution < -0.4 is 5.32 Å². The molecule has 0 aliphatic heterocycles. The van der Waals surface area contributed by atoms with E-state index in [2.05, 4.69) is 20.4 Å². The van der Waals surface area contributed by atoms with Crippen molar-refractivity contribution in [2.75, 3.05) is 25.4 Å². The van der Waals surface area contributed by atoms with E-state index in [0.717, 1.165) is 35.2 Å². The van der Waals surface area contributed by atoms with Gasteiger partial charge in [-0.3, -0.25) is 9.69 Å². The Morgan fingerprint density at radius 3 is 2.59 bits per heavy atom. The van der Waals surface area contributed by atoms with Crippen molar-refractivity contribution in [2.24, 2.45) is 7.05 Å². The summed E-state index contributed by atoms with van der Waals surface area (Å²) < 4.78 is 44.5. The molecule has 0 aromatic carbocycles. The number of hydrogen-bond acceptors (Lipinski definition) is 6. The molecule has 2 aromatic heterocycles. The molecule has 1 N–H and O–H groups in total. The highest BCUT2D eigenvalue weighted by Crippen LogP contribution is 2.29. The summed E-state index contributed by atoms with van der Waals surface area (Å²) in [6.45, 7) is 5.94. The maximum Gasteiger partial charge on any atom is 0.451 e. The number of nitrogens with one attached hydrogen (secondary N) is 1. The average Bonchev–Trinajstić information content (AvgIpc) is 3.26. The van der Waals surface area contributed by atoms with Crippen LogP contribution in [-0.4, -0.2) is 51.0 Å². The van der Waals surface area contributed by atoms with Crippen molar-refractivity contribution in [3.8, 4) is 0 Å². The summed E-state index contributed by atoms with van der Waals surface area (Å²) >= 11 is 0.901. The van der Waals surface area contributed by atoms with Crippen molar-refractivity contribution >= 4 is 17.7 Å². The number of nitrogens with zero attached hydrogens (tertiary/aromatic N) is 4. The first-order chi connectivity index (χ1) is 12.8. The minimum Gasteiger partial charge on any atom is -0.468 e. The van der Waals surface area contributed by atoms with E-state index >= 15 is 0 Å². The monoisotopic (exact) mass is 405 g/mol. The van der Waals surface area contributed by atoms with Crippen LogP contribution in [0.2, 0.25) is 0 Å². The van der Waals surface area contributed by atoms with Crippen LogP contribution >= 0.6 is 11.8 Å². The van der Waals surface area contributed by atoms with E-state index in [1.54, 1.807) is 12.3 Å². The summed E-state index contributed by atoms with van der Waals surface area (Å²) in [7, 11) is 1.22. The molecular weight excluding hydrogens is 383 g/mol. The van der Waals surface area contributed by atoms with Gasteiger partial charge in [-0.15, -0.1) is 10.2 Å². The number of halogens is 3. The van der Waals surface area contributed by atoms with Gasteiger partial charge in [0.15, 0.2) is 5.16 Å². The second kappa shape index (κ2) is 9.27. The van der Waals surface area contributed by atoms with Gasteiger partial charge in [-0.2, -0.15) is 13.2 Å². The number of likely N-dealkylation sites (N-methyl/N-ethyl adjacent to an activating group) is 1. The van der Waals surface area contributed by atoms with Crippen molar-refractivity contribution in [3.05, 3.63) is 30.0 Å². The lowest BCUT2D eigenvalue weighted by atomic mass is 10.2. The molecule has 0 aliphatic carbocycles. The van der Waals surface area contributed by atoms with Crippen LogP contribution in [0, 0.1) is 0 Å². The fraction of sp³-hybridized carbons (Fsp3) is 0.562. The highest BCUT2D eigenvalue weighted by atomic mass is 32.2. The predicted molar refractivity (Wildman–Crippen MR) is 94.1 cm³/mol. The topological polar surface area (TPSA) is 76.2 Å². The number of rotatable bonds is 9. The molecule has 2 aromatic rings. The summed E-state index contributed by atoms with van der Waals surface area (Å²) in [6.07, 6.45) is -3.00. The zero-order valence-electron chi connectivity index (χ0n) is 15.3. The number of furan rings is 1. The third-order valence-corrected chi connectivity index (χ3v) is 5.06. The lowest BCUT2D eigenvalue weighted by Gasteiger charge is -2.28. The van der Waals surface area contributed by atoms with Crippen LogP contribution in [0.25, 0.3) is 0 Å². The second-order valence-corrected chi connectivity index (χ2v) is 6.65. The first-order valence-corrected chi connectivity index (χ1v) is 9.40. The molecule has 27 heavy (non-hydrogen) atoms. The molecule has 0 bridgehead atoms. The Morgan fingerprint density at radius 1 is 1.37 bits per heavy atom. The fourth-order valence-corrected chi connectivity index (χ4v) is 3.37. The SMILES string of the molecule is CCN(CC)C(CNC(=O)CSc1nnc(C(F)(F)F)n1C)c1ccco1. The van der Waals surface area contributed by atoms with Gasteiger partial charge in [0.2, 0.25) is 11.7 Å². The Balaban J connectivity index is 1.92. The van der Waals surface area contributed by atoms with Gasteiger partial charge in [0.1, 0.15) is 5.76 Å². The smallest absolute Gasteiger partial charge is 0.451 e. The molecule has 0 aliphatic rings. The molecule has 0 fully saturated rings. The molecule has 1 atom stereocenters. The summed E-state index contributed by atoms with van der Waals surface area (Å²) in [5, 5.41) is 9.47. The molecule has 11 heteroatoms. The summed E-state index contributed by atoms with van der Waals surface area (Å²) in [6, 6.07) is 3.52. The van der Waals surface area contributed by atoms with E-state index < -0.39 is 12.0 Å². The van der Waals surface area contributed by atoms with Gasteiger partial charge in [0.25, 0.3) is 0 Å². The molecule has 1 unspecified atom stereocenters. The van der Waals surface area contributed by atoms with Crippen LogP contribution in [0.3, 0.4) is 0 Å². The quantitative estimate of drug-likeness (QED) is 0.647. The molecule has 0 radical (unpaired) electrons. The van der Waals surface area contributed by atoms with Crippen LogP contribution in [0.5, 0.6) is 0 Å². The zero-order valence-corrected chi connectivity index (χ0v) is 16.1. The normalized spacial score (nSPS) is 13.1. The number of hydrogen-bond donors (Lipinski definition) is 1. The lowest BCUT2D eigenvalue weighted by Crippen LogP contribution is -2.38. The van der Waals surface area contributed by atoms with Crippen molar-refractivity contribution in [1.82, 2.24) is 25.0 Å². The Kier molecular flexibility index (Phi) is 7.31. The minimum atomic E-state index is -4.58. The van der Waals surface area contributed by atoms with Crippen molar-refractivity contribution < 1.29 is 22.4 Å². The number of thioether (sulfide) groups is 1. The van der Waals surface area contributed by atoms with Gasteiger partial charge in [-0.25, -0.2) is 0 Å². The predicted octanol–water partition coefficient (Wildman–Crippen LogP) is 2.72. The third-order valence-electron chi connectivity index (χ3n) is 4.04. The largest absolute Gasteiger partial charge is 0.468 e. The zero-order chi connectivity index (χ0) is 20.0. The van der Waals surface area contributed by atoms with Gasteiger partial charge in [0.05, 0.1) is 18.1 Å². The van der Waals surface area contributed by atoms with Crippen molar-refractivity contribution in [2.45, 2.75) is 31.2 Å². The Labute approximate surface area is 159 Å². The van der Waals surface area contributed by atoms with Crippen LogP contribution in [0.1, 0.15) is 31.5 Å². The van der Waals surface area contributed by atoms with Crippen LogP contribution in [-0.2, 0) is 18.0 Å². The third kappa shape index (κ3) is 5.48. The van der Waals surface area contributed by atoms with Gasteiger partial charge in [0, 0.05) is 13.6 Å². The maximum absolute atomic E-state index is 12.7. The molecular formula is C16H22F3N5O2S. The summed E-state index contributed by atoms with van der Waals surface area (Å²) in [5.74, 6) is -0.715. The number of carbonyl (C=O) groups is 1. The fourth-order valence-electron chi connectivity index (χ4n) is 2.63. The summed E-state index contributed by atoms with van der Waals surface area (Å²) in [4.78, 5) is 14.3. The highest BCUT2D eigenvalue weighted by Gasteiger charge is 2.37. The molecule has 150 valence electrons. The number of alkyl halides is 3. The van der Waals surface area contributed by atoms with E-state index in [1.807, 2.05) is 19.9 Å². The van der Waals surface area contributed by atoms with E-state index in [-0.39, 0.29) is 22.9 Å². The molecule has 1 amide bonds. The Hall–Kier alpha value is -2.01. The number of carbonyl (C=O) groups excluding carboxylic acids is 1. The van der Waals surface area contributed by atoms with Crippen molar-refractivity contribution in [1.29, 1.82) is 0 Å². The molecule has 2 heterocycles. The van der Waals surface area contributed by atoms with Crippen molar-refractivity contribution in [3.63, 3.8) is 0 Å². The van der Waals surface area contributed by atoms with Crippen LogP contribution in [0.4, 0.5) is 13.2 Å². The Bertz CT molecular complexity index is 729. The minimum absolute atomic E-state index is 0.0313. The first-order valence-electron chi connectivity index (χ1n) is 8.41. The average molecular weight is 405 g/mol.